The zero-order valence-electron chi connectivity index (χ0n) is 25.6. The smallest absolute Gasteiger partial charge is 0.744 e. The van der Waals surface area contributed by atoms with Crippen molar-refractivity contribution < 1.29 is 101 Å². The number of phenols is 1. The Balaban J connectivity index is 0.00000267. The van der Waals surface area contributed by atoms with E-state index in [9.17, 15) is 44.0 Å². The van der Waals surface area contributed by atoms with E-state index in [1.54, 1.807) is 12.1 Å². The molecule has 5 rings (SSSR count). The minimum absolute atomic E-state index is 0. The van der Waals surface area contributed by atoms with Crippen molar-refractivity contribution in [2.75, 3.05) is 5.73 Å². The van der Waals surface area contributed by atoms with Crippen LogP contribution >= 0.6 is 0 Å². The predicted octanol–water partition coefficient (Wildman–Crippen LogP) is -3.86. The number of benzene rings is 5. The molecule has 5 aromatic rings. The maximum atomic E-state index is 11.8. The molecule has 0 bridgehead atoms. The molecule has 0 aliphatic heterocycles. The van der Waals surface area contributed by atoms with Crippen LogP contribution < -0.4 is 62.3 Å². The van der Waals surface area contributed by atoms with Crippen LogP contribution in [0.25, 0.3) is 21.5 Å². The zero-order valence-corrected chi connectivity index (χ0v) is 28.1. The molecule has 0 atom stereocenters. The maximum absolute atomic E-state index is 11.8. The topological polar surface area (TPSA) is 267 Å². The third kappa shape index (κ3) is 8.56. The minimum Gasteiger partial charge on any atom is -0.744 e. The van der Waals surface area contributed by atoms with Crippen molar-refractivity contribution in [1.82, 2.24) is 0 Å². The number of azo groups is 2. The number of aromatic hydroxyl groups is 1. The van der Waals surface area contributed by atoms with Gasteiger partial charge in [0.15, 0.2) is 5.75 Å². The van der Waals surface area contributed by atoms with Gasteiger partial charge in [0.25, 0.3) is 0 Å². The van der Waals surface area contributed by atoms with E-state index in [0.29, 0.717) is 17.1 Å². The number of phenolic OH excluding ortho intramolecular Hbond substituents is 1. The van der Waals surface area contributed by atoms with Crippen LogP contribution in [0.3, 0.4) is 0 Å². The fourth-order valence-electron chi connectivity index (χ4n) is 4.41. The summed E-state index contributed by atoms with van der Waals surface area (Å²) in [4.78, 5) is -2.95. The Morgan fingerprint density at radius 3 is 1.65 bits per heavy atom. The second-order valence-electron chi connectivity index (χ2n) is 9.55. The number of rotatable bonds is 7. The first-order valence-corrected chi connectivity index (χ1v) is 16.6. The van der Waals surface area contributed by atoms with E-state index >= 15 is 0 Å². The van der Waals surface area contributed by atoms with Crippen molar-refractivity contribution in [2.24, 2.45) is 20.5 Å². The van der Waals surface area contributed by atoms with Gasteiger partial charge in [0.1, 0.15) is 36.0 Å². The van der Waals surface area contributed by atoms with Crippen LogP contribution in [0.15, 0.2) is 108 Å². The first-order valence-electron chi connectivity index (χ1n) is 12.4. The Kier molecular flexibility index (Phi) is 13.0. The average Bonchev–Trinajstić information content (AvgIpc) is 2.94. The summed E-state index contributed by atoms with van der Waals surface area (Å²) in [6, 6.07) is 15.8. The number of anilines is 1. The van der Waals surface area contributed by atoms with Crippen LogP contribution in [0, 0.1) is 6.92 Å². The molecule has 48 heavy (non-hydrogen) atoms. The normalized spacial score (nSPS) is 12.2. The van der Waals surface area contributed by atoms with Gasteiger partial charge in [0.2, 0.25) is 0 Å². The standard InChI is InChI=1S/C27H21N5O10S3.3Li/c1-14-2-4-15(5-3-14)29-30-20-10-11-21(19-12-16(43(34,35)36)6-7-17(19)20)31-32-22-9-8-18-23(44(37,38)39)13-24(45(40,41)42)26(28)25(18)27(22)33;;;/h2-13,33H,28H2,1H3,(H,34,35,36)(H,37,38,39)(H,40,41,42);;;/q;3*+1/p-3. The Hall–Kier alpha value is -3.06. The second-order valence-corrected chi connectivity index (χ2v) is 13.6. The van der Waals surface area contributed by atoms with Crippen molar-refractivity contribution in [1.29, 1.82) is 0 Å². The largest absolute Gasteiger partial charge is 1.00 e. The van der Waals surface area contributed by atoms with E-state index in [-0.39, 0.29) is 73.3 Å². The molecule has 3 N–H and O–H groups in total. The van der Waals surface area contributed by atoms with E-state index in [1.807, 2.05) is 19.1 Å². The molecule has 5 aromatic carbocycles. The van der Waals surface area contributed by atoms with Gasteiger partial charge in [-0.05, 0) is 55.5 Å². The zero-order chi connectivity index (χ0) is 32.9. The van der Waals surface area contributed by atoms with Gasteiger partial charge in [-0.1, -0.05) is 29.8 Å². The Labute approximate surface area is 310 Å². The summed E-state index contributed by atoms with van der Waals surface area (Å²) in [5.74, 6) is -0.917. The monoisotopic (exact) mass is 689 g/mol. The predicted molar refractivity (Wildman–Crippen MR) is 157 cm³/mol. The van der Waals surface area contributed by atoms with Gasteiger partial charge in [0.05, 0.1) is 42.8 Å². The summed E-state index contributed by atoms with van der Waals surface area (Å²) in [5, 5.41) is 26.5. The number of nitrogens with zero attached hydrogens (tertiary/aromatic N) is 4. The van der Waals surface area contributed by atoms with Crippen LogP contribution in [0.1, 0.15) is 5.56 Å². The maximum Gasteiger partial charge on any atom is 1.00 e. The molecule has 0 radical (unpaired) electrons. The Morgan fingerprint density at radius 2 is 1.08 bits per heavy atom. The number of aryl methyl sites for hydroxylation is 1. The minimum atomic E-state index is -5.40. The van der Waals surface area contributed by atoms with Gasteiger partial charge in [0, 0.05) is 16.2 Å². The van der Waals surface area contributed by atoms with Crippen molar-refractivity contribution in [3.63, 3.8) is 0 Å². The summed E-state index contributed by atoms with van der Waals surface area (Å²) in [6.45, 7) is 1.90. The third-order valence-corrected chi connectivity index (χ3v) is 9.15. The molecule has 0 spiro atoms. The molecular weight excluding hydrogens is 671 g/mol. The van der Waals surface area contributed by atoms with Crippen LogP contribution in [-0.4, -0.2) is 44.0 Å². The average molecular weight is 689 g/mol. The van der Waals surface area contributed by atoms with Gasteiger partial charge < -0.3 is 24.5 Å². The molecule has 15 nitrogen and oxygen atoms in total. The van der Waals surface area contributed by atoms with Crippen LogP contribution in [0.4, 0.5) is 28.4 Å². The molecule has 0 saturated carbocycles. The molecule has 0 heterocycles. The van der Waals surface area contributed by atoms with E-state index in [0.717, 1.165) is 29.8 Å². The molecule has 0 unspecified atom stereocenters. The summed E-state index contributed by atoms with van der Waals surface area (Å²) in [7, 11) is -15.6. The molecule has 232 valence electrons. The number of nitrogen functional groups attached to an aromatic ring is 1. The molecule has 0 aromatic heterocycles. The van der Waals surface area contributed by atoms with Crippen molar-refractivity contribution in [2.45, 2.75) is 21.6 Å². The van der Waals surface area contributed by atoms with Crippen molar-refractivity contribution >= 4 is 80.3 Å². The number of nitrogens with two attached hydrogens (primary N) is 1. The summed E-state index contributed by atoms with van der Waals surface area (Å²) >= 11 is 0. The molecule has 0 saturated heterocycles. The first-order chi connectivity index (χ1) is 20.9. The van der Waals surface area contributed by atoms with E-state index in [1.165, 1.54) is 18.2 Å². The summed E-state index contributed by atoms with van der Waals surface area (Å²) in [6.07, 6.45) is 0. The summed E-state index contributed by atoms with van der Waals surface area (Å²) in [5.41, 5.74) is 6.36. The number of hydrogen-bond donors (Lipinski definition) is 2. The second kappa shape index (κ2) is 15.2. The van der Waals surface area contributed by atoms with Crippen LogP contribution in [-0.2, 0) is 30.4 Å². The van der Waals surface area contributed by atoms with Gasteiger partial charge in [-0.3, -0.25) is 0 Å². The molecular formula is C27H18Li3N5O10S3. The molecule has 21 heteroatoms. The third-order valence-electron chi connectivity index (χ3n) is 6.56. The number of hydrogen-bond acceptors (Lipinski definition) is 15. The van der Waals surface area contributed by atoms with Gasteiger partial charge in [-0.2, -0.15) is 5.11 Å². The van der Waals surface area contributed by atoms with Crippen molar-refractivity contribution in [3.8, 4) is 5.75 Å². The van der Waals surface area contributed by atoms with Crippen LogP contribution in [0.5, 0.6) is 5.75 Å². The number of fused-ring (bicyclic) bond motifs is 2. The van der Waals surface area contributed by atoms with Crippen molar-refractivity contribution in [3.05, 3.63) is 78.4 Å². The van der Waals surface area contributed by atoms with E-state index in [4.69, 9.17) is 5.73 Å². The van der Waals surface area contributed by atoms with E-state index < -0.39 is 72.9 Å². The fraction of sp³-hybridized carbons (Fsp3) is 0.0370. The molecule has 0 aliphatic rings. The van der Waals surface area contributed by atoms with E-state index in [2.05, 4.69) is 20.5 Å². The fourth-order valence-corrected chi connectivity index (χ4v) is 6.31. The van der Waals surface area contributed by atoms with Crippen LogP contribution in [0.2, 0.25) is 0 Å². The Bertz CT molecular complexity index is 2440. The van der Waals surface area contributed by atoms with Gasteiger partial charge in [-0.15, -0.1) is 15.3 Å². The quantitative estimate of drug-likeness (QED) is 0.0723. The first kappa shape index (κ1) is 41.1. The molecule has 0 fully saturated rings. The summed E-state index contributed by atoms with van der Waals surface area (Å²) < 4.78 is 106. The Morgan fingerprint density at radius 1 is 0.583 bits per heavy atom. The van der Waals surface area contributed by atoms with Gasteiger partial charge >= 0.3 is 56.6 Å². The molecule has 0 amide bonds. The SMILES string of the molecule is Cc1ccc(N=Nc2ccc(N=Nc3ccc4c(S(=O)(=O)[O-])cc(S(=O)(=O)[O-])c(N)c4c3O)c3cc(S(=O)(=O)[O-])ccc23)cc1.[Li+].[Li+].[Li+]. The molecule has 0 aliphatic carbocycles. The van der Waals surface area contributed by atoms with Gasteiger partial charge in [-0.25, -0.2) is 25.3 Å².